The highest BCUT2D eigenvalue weighted by Gasteiger charge is 2.23. The molecule has 0 spiro atoms. The minimum atomic E-state index is -0.677. The fourth-order valence-electron chi connectivity index (χ4n) is 2.76. The molecular weight excluding hydrogens is 233 g/mol. The lowest BCUT2D eigenvalue weighted by Crippen LogP contribution is -2.28. The van der Waals surface area contributed by atoms with Crippen molar-refractivity contribution in [3.05, 3.63) is 34.3 Å². The van der Waals surface area contributed by atoms with Crippen LogP contribution in [0.25, 0.3) is 11.0 Å². The van der Waals surface area contributed by atoms with Crippen molar-refractivity contribution in [1.82, 2.24) is 14.5 Å². The van der Waals surface area contributed by atoms with Crippen molar-refractivity contribution < 1.29 is 4.39 Å². The molecule has 1 fully saturated rings. The number of halogens is 1. The molecule has 0 saturated heterocycles. The quantitative estimate of drug-likeness (QED) is 0.777. The molecule has 0 unspecified atom stereocenters. The third-order valence-corrected chi connectivity index (χ3v) is 3.75. The molecule has 18 heavy (non-hydrogen) atoms. The van der Waals surface area contributed by atoms with Crippen molar-refractivity contribution in [2.75, 3.05) is 0 Å². The Labute approximate surface area is 103 Å². The summed E-state index contributed by atoms with van der Waals surface area (Å²) in [7, 11) is 0. The maximum Gasteiger partial charge on any atom is 0.288 e. The zero-order valence-electron chi connectivity index (χ0n) is 10.2. The normalized spacial score (nSPS) is 16.6. The number of nitrogens with zero attached hydrogens (tertiary/aromatic N) is 3. The summed E-state index contributed by atoms with van der Waals surface area (Å²) in [6.07, 6.45) is 6.98. The summed E-state index contributed by atoms with van der Waals surface area (Å²) < 4.78 is 15.5. The fourth-order valence-corrected chi connectivity index (χ4v) is 2.76. The Morgan fingerprint density at radius 1 is 1.39 bits per heavy atom. The van der Waals surface area contributed by atoms with Gasteiger partial charge in [0.1, 0.15) is 12.0 Å². The van der Waals surface area contributed by atoms with Gasteiger partial charge in [-0.3, -0.25) is 9.36 Å². The Bertz CT molecular complexity index is 659. The van der Waals surface area contributed by atoms with Gasteiger partial charge in [-0.2, -0.15) is 0 Å². The van der Waals surface area contributed by atoms with Gasteiger partial charge in [0, 0.05) is 23.2 Å². The molecule has 2 aromatic heterocycles. The van der Waals surface area contributed by atoms with Crippen LogP contribution >= 0.6 is 0 Å². The predicted octanol–water partition coefficient (Wildman–Crippen LogP) is 2.35. The zero-order chi connectivity index (χ0) is 12.7. The largest absolute Gasteiger partial charge is 0.288 e. The van der Waals surface area contributed by atoms with E-state index in [1.807, 2.05) is 0 Å². The van der Waals surface area contributed by atoms with Gasteiger partial charge in [-0.1, -0.05) is 12.8 Å². The number of hydrogen-bond donors (Lipinski definition) is 0. The lowest BCUT2D eigenvalue weighted by Gasteiger charge is -2.17. The second-order valence-electron chi connectivity index (χ2n) is 4.81. The van der Waals surface area contributed by atoms with Gasteiger partial charge in [0.15, 0.2) is 5.82 Å². The predicted molar refractivity (Wildman–Crippen MR) is 66.0 cm³/mol. The molecule has 1 aliphatic carbocycles. The molecule has 1 aliphatic rings. The number of aromatic nitrogens is 3. The first kappa shape index (κ1) is 11.3. The van der Waals surface area contributed by atoms with Gasteiger partial charge in [-0.25, -0.2) is 14.4 Å². The number of pyridine rings is 1. The molecule has 2 aromatic rings. The van der Waals surface area contributed by atoms with Crippen LogP contribution in [0.5, 0.6) is 0 Å². The molecule has 0 amide bonds. The van der Waals surface area contributed by atoms with Crippen LogP contribution in [0.2, 0.25) is 0 Å². The summed E-state index contributed by atoms with van der Waals surface area (Å²) in [5, 5.41) is 0.626. The maximum absolute atomic E-state index is 14.0. The first-order chi connectivity index (χ1) is 8.70. The molecular formula is C13H14FN3O. The van der Waals surface area contributed by atoms with E-state index < -0.39 is 11.4 Å². The molecule has 0 bridgehead atoms. The Morgan fingerprint density at radius 3 is 2.83 bits per heavy atom. The minimum absolute atomic E-state index is 0.0741. The van der Waals surface area contributed by atoms with Crippen LogP contribution in [0.4, 0.5) is 4.39 Å². The van der Waals surface area contributed by atoms with Gasteiger partial charge in [0.05, 0.1) is 0 Å². The van der Waals surface area contributed by atoms with Gasteiger partial charge < -0.3 is 0 Å². The van der Waals surface area contributed by atoms with E-state index in [9.17, 15) is 9.18 Å². The number of rotatable bonds is 1. The van der Waals surface area contributed by atoms with E-state index in [1.165, 1.54) is 10.9 Å². The second kappa shape index (κ2) is 4.15. The Balaban J connectivity index is 2.38. The van der Waals surface area contributed by atoms with E-state index in [1.54, 1.807) is 13.1 Å². The fraction of sp³-hybridized carbons (Fsp3) is 0.462. The average Bonchev–Trinajstić information content (AvgIpc) is 2.90. The SMILES string of the molecule is Cc1c(F)c(=O)n(C2CCCC2)c2ncncc12. The first-order valence-corrected chi connectivity index (χ1v) is 6.20. The molecule has 0 N–H and O–H groups in total. The van der Waals surface area contributed by atoms with Crippen LogP contribution in [0, 0.1) is 12.7 Å². The summed E-state index contributed by atoms with van der Waals surface area (Å²) >= 11 is 0. The maximum atomic E-state index is 14.0. The van der Waals surface area contributed by atoms with Crippen LogP contribution in [-0.4, -0.2) is 14.5 Å². The molecule has 0 radical (unpaired) electrons. The van der Waals surface area contributed by atoms with E-state index in [-0.39, 0.29) is 6.04 Å². The highest BCUT2D eigenvalue weighted by atomic mass is 19.1. The van der Waals surface area contributed by atoms with Crippen LogP contribution in [0.1, 0.15) is 37.3 Å². The van der Waals surface area contributed by atoms with Crippen LogP contribution in [0.15, 0.2) is 17.3 Å². The highest BCUT2D eigenvalue weighted by molar-refractivity contribution is 5.77. The topological polar surface area (TPSA) is 47.8 Å². The molecule has 94 valence electrons. The van der Waals surface area contributed by atoms with E-state index in [2.05, 4.69) is 9.97 Å². The highest BCUT2D eigenvalue weighted by Crippen LogP contribution is 2.30. The van der Waals surface area contributed by atoms with Crippen LogP contribution < -0.4 is 5.56 Å². The molecule has 0 aliphatic heterocycles. The van der Waals surface area contributed by atoms with Crippen molar-refractivity contribution in [1.29, 1.82) is 0 Å². The van der Waals surface area contributed by atoms with Crippen molar-refractivity contribution >= 4 is 11.0 Å². The third kappa shape index (κ3) is 1.54. The molecule has 0 atom stereocenters. The van der Waals surface area contributed by atoms with Gasteiger partial charge in [-0.05, 0) is 19.8 Å². The number of hydrogen-bond acceptors (Lipinski definition) is 3. The van der Waals surface area contributed by atoms with E-state index in [0.29, 0.717) is 16.6 Å². The summed E-state index contributed by atoms with van der Waals surface area (Å²) in [6.45, 7) is 1.60. The summed E-state index contributed by atoms with van der Waals surface area (Å²) in [6, 6.07) is 0.0741. The molecule has 2 heterocycles. The lowest BCUT2D eigenvalue weighted by molar-refractivity contribution is 0.487. The second-order valence-corrected chi connectivity index (χ2v) is 4.81. The van der Waals surface area contributed by atoms with Crippen LogP contribution in [-0.2, 0) is 0 Å². The zero-order valence-corrected chi connectivity index (χ0v) is 10.2. The average molecular weight is 247 g/mol. The van der Waals surface area contributed by atoms with E-state index in [4.69, 9.17) is 0 Å². The smallest absolute Gasteiger partial charge is 0.287 e. The summed E-state index contributed by atoms with van der Waals surface area (Å²) in [4.78, 5) is 20.2. The lowest BCUT2D eigenvalue weighted by atomic mass is 10.1. The Hall–Kier alpha value is -1.78. The monoisotopic (exact) mass is 247 g/mol. The van der Waals surface area contributed by atoms with Gasteiger partial charge >= 0.3 is 0 Å². The molecule has 3 rings (SSSR count). The van der Waals surface area contributed by atoms with Gasteiger partial charge in [0.2, 0.25) is 0 Å². The standard InChI is InChI=1S/C13H14FN3O/c1-8-10-6-15-7-16-12(10)17(13(18)11(8)14)9-4-2-3-5-9/h6-7,9H,2-5H2,1H3. The number of aryl methyl sites for hydroxylation is 1. The minimum Gasteiger partial charge on any atom is -0.287 e. The van der Waals surface area contributed by atoms with Crippen LogP contribution in [0.3, 0.4) is 0 Å². The Kier molecular flexibility index (Phi) is 2.61. The van der Waals surface area contributed by atoms with E-state index >= 15 is 0 Å². The van der Waals surface area contributed by atoms with Crippen molar-refractivity contribution in [3.63, 3.8) is 0 Å². The summed E-state index contributed by atoms with van der Waals surface area (Å²) in [5.74, 6) is -0.677. The molecule has 0 aromatic carbocycles. The van der Waals surface area contributed by atoms with Crippen molar-refractivity contribution in [3.8, 4) is 0 Å². The first-order valence-electron chi connectivity index (χ1n) is 6.20. The third-order valence-electron chi connectivity index (χ3n) is 3.75. The van der Waals surface area contributed by atoms with Gasteiger partial charge in [0.25, 0.3) is 5.56 Å². The van der Waals surface area contributed by atoms with Crippen molar-refractivity contribution in [2.45, 2.75) is 38.6 Å². The molecule has 5 heteroatoms. The van der Waals surface area contributed by atoms with Gasteiger partial charge in [-0.15, -0.1) is 0 Å². The molecule has 4 nitrogen and oxygen atoms in total. The Morgan fingerprint density at radius 2 is 2.11 bits per heavy atom. The van der Waals surface area contributed by atoms with Crippen molar-refractivity contribution in [2.24, 2.45) is 0 Å². The number of fused-ring (bicyclic) bond motifs is 1. The molecule has 1 saturated carbocycles. The summed E-state index contributed by atoms with van der Waals surface area (Å²) in [5.41, 5.74) is 0.344. The van der Waals surface area contributed by atoms with E-state index in [0.717, 1.165) is 25.7 Å².